The largest absolute Gasteiger partial charge is 0.355 e. The Morgan fingerprint density at radius 2 is 2.25 bits per heavy atom. The SMILES string of the molecule is C=CCN1CC(CSC)C[C@@H]2c3cccc4[nH]c(C=C)c(c34)C[C@H]21. The van der Waals surface area contributed by atoms with E-state index >= 15 is 0 Å². The van der Waals surface area contributed by atoms with Crippen LogP contribution in [-0.4, -0.2) is 41.0 Å². The predicted octanol–water partition coefficient (Wildman–Crippen LogP) is 4.69. The van der Waals surface area contributed by atoms with E-state index in [1.807, 2.05) is 17.8 Å². The van der Waals surface area contributed by atoms with Crippen molar-refractivity contribution in [2.24, 2.45) is 5.92 Å². The molecule has 1 N–H and O–H groups in total. The van der Waals surface area contributed by atoms with Crippen LogP contribution in [0.5, 0.6) is 0 Å². The number of aromatic amines is 1. The summed E-state index contributed by atoms with van der Waals surface area (Å²) in [4.78, 5) is 6.25. The van der Waals surface area contributed by atoms with Gasteiger partial charge in [0.15, 0.2) is 0 Å². The van der Waals surface area contributed by atoms with Crippen molar-refractivity contribution < 1.29 is 0 Å². The molecule has 0 radical (unpaired) electrons. The van der Waals surface area contributed by atoms with Gasteiger partial charge in [-0.15, -0.1) is 6.58 Å². The van der Waals surface area contributed by atoms with Gasteiger partial charge in [0.2, 0.25) is 0 Å². The molecule has 1 saturated heterocycles. The number of H-pyrrole nitrogens is 1. The third-order valence-electron chi connectivity index (χ3n) is 5.79. The van der Waals surface area contributed by atoms with Gasteiger partial charge in [0.25, 0.3) is 0 Å². The summed E-state index contributed by atoms with van der Waals surface area (Å²) in [6.45, 7) is 10.2. The summed E-state index contributed by atoms with van der Waals surface area (Å²) in [6, 6.07) is 7.37. The molecular formula is C21H26N2S. The van der Waals surface area contributed by atoms with Crippen LogP contribution in [0.1, 0.15) is 29.2 Å². The Balaban J connectivity index is 1.82. The lowest BCUT2D eigenvalue weighted by atomic mass is 9.72. The van der Waals surface area contributed by atoms with Gasteiger partial charge in [-0.1, -0.05) is 24.8 Å². The van der Waals surface area contributed by atoms with Crippen LogP contribution in [0.4, 0.5) is 0 Å². The second-order valence-corrected chi connectivity index (χ2v) is 8.08. The minimum absolute atomic E-state index is 0.591. The average Bonchev–Trinajstić information content (AvgIpc) is 2.96. The van der Waals surface area contributed by atoms with Crippen molar-refractivity contribution in [3.05, 3.63) is 54.3 Å². The first kappa shape index (κ1) is 16.0. The maximum absolute atomic E-state index is 4.02. The highest BCUT2D eigenvalue weighted by Gasteiger charge is 2.40. The molecule has 1 aliphatic carbocycles. The molecular weight excluding hydrogens is 312 g/mol. The molecule has 3 heteroatoms. The zero-order valence-corrected chi connectivity index (χ0v) is 15.2. The normalized spacial score (nSPS) is 26.3. The summed E-state index contributed by atoms with van der Waals surface area (Å²) in [5.41, 5.74) is 5.50. The number of rotatable bonds is 5. The lowest BCUT2D eigenvalue weighted by Crippen LogP contribution is -2.50. The van der Waals surface area contributed by atoms with E-state index in [9.17, 15) is 0 Å². The summed E-state index contributed by atoms with van der Waals surface area (Å²) in [7, 11) is 0. The number of hydrogen-bond donors (Lipinski definition) is 1. The van der Waals surface area contributed by atoms with Crippen LogP contribution in [-0.2, 0) is 6.42 Å². The van der Waals surface area contributed by atoms with Crippen molar-refractivity contribution in [3.63, 3.8) is 0 Å². The van der Waals surface area contributed by atoms with Crippen molar-refractivity contribution in [2.75, 3.05) is 25.1 Å². The molecule has 1 aliphatic heterocycles. The zero-order valence-electron chi connectivity index (χ0n) is 14.4. The van der Waals surface area contributed by atoms with Crippen LogP contribution in [0.2, 0.25) is 0 Å². The molecule has 3 atom stereocenters. The first-order chi connectivity index (χ1) is 11.8. The van der Waals surface area contributed by atoms with Gasteiger partial charge >= 0.3 is 0 Å². The van der Waals surface area contributed by atoms with Crippen LogP contribution in [0, 0.1) is 5.92 Å². The van der Waals surface area contributed by atoms with E-state index in [1.54, 1.807) is 5.56 Å². The number of aromatic nitrogens is 1. The molecule has 1 fully saturated rings. The smallest absolute Gasteiger partial charge is 0.0464 e. The van der Waals surface area contributed by atoms with Gasteiger partial charge in [0.1, 0.15) is 0 Å². The Morgan fingerprint density at radius 3 is 3.00 bits per heavy atom. The molecule has 1 aromatic heterocycles. The maximum atomic E-state index is 4.02. The standard InChI is InChI=1S/C21H26N2S/c1-4-9-23-12-14(13-24-3)10-16-15-7-6-8-19-21(15)17(11-20(16)23)18(5-2)22-19/h4-8,14,16,20,22H,1-2,9-13H2,3H3/t14?,16-,20-/m1/s1. The molecule has 0 saturated carbocycles. The summed E-state index contributed by atoms with van der Waals surface area (Å²) >= 11 is 1.98. The first-order valence-corrected chi connectivity index (χ1v) is 10.3. The first-order valence-electron chi connectivity index (χ1n) is 8.86. The maximum Gasteiger partial charge on any atom is 0.0464 e. The summed E-state index contributed by atoms with van der Waals surface area (Å²) in [5, 5.41) is 1.47. The van der Waals surface area contributed by atoms with Crippen LogP contribution in [0.15, 0.2) is 37.4 Å². The van der Waals surface area contributed by atoms with Gasteiger partial charge in [0, 0.05) is 41.6 Å². The van der Waals surface area contributed by atoms with Crippen molar-refractivity contribution in [1.82, 2.24) is 9.88 Å². The molecule has 2 heterocycles. The number of likely N-dealkylation sites (tertiary alicyclic amines) is 1. The fourth-order valence-electron chi connectivity index (χ4n) is 4.92. The number of piperidine rings is 1. The molecule has 0 spiro atoms. The molecule has 1 aromatic carbocycles. The second kappa shape index (κ2) is 6.45. The Hall–Kier alpha value is -1.45. The van der Waals surface area contributed by atoms with Gasteiger partial charge in [-0.25, -0.2) is 0 Å². The Morgan fingerprint density at radius 1 is 1.38 bits per heavy atom. The Bertz CT molecular complexity index is 775. The van der Waals surface area contributed by atoms with E-state index in [2.05, 4.69) is 53.6 Å². The minimum atomic E-state index is 0.591. The molecule has 1 unspecified atom stereocenters. The third kappa shape index (κ3) is 2.46. The predicted molar refractivity (Wildman–Crippen MR) is 107 cm³/mol. The fourth-order valence-corrected chi connectivity index (χ4v) is 5.63. The highest BCUT2D eigenvalue weighted by molar-refractivity contribution is 7.98. The number of thioether (sulfide) groups is 1. The van der Waals surface area contributed by atoms with Gasteiger partial charge in [-0.3, -0.25) is 4.90 Å². The van der Waals surface area contributed by atoms with E-state index in [4.69, 9.17) is 0 Å². The van der Waals surface area contributed by atoms with Gasteiger partial charge in [-0.05, 0) is 54.0 Å². The molecule has 2 aliphatic rings. The molecule has 0 bridgehead atoms. The average molecular weight is 339 g/mol. The van der Waals surface area contributed by atoms with E-state index in [1.165, 1.54) is 40.9 Å². The van der Waals surface area contributed by atoms with Gasteiger partial charge < -0.3 is 4.98 Å². The van der Waals surface area contributed by atoms with Crippen molar-refractivity contribution in [3.8, 4) is 0 Å². The number of benzene rings is 1. The lowest BCUT2D eigenvalue weighted by molar-refractivity contribution is 0.105. The second-order valence-electron chi connectivity index (χ2n) is 7.17. The highest BCUT2D eigenvalue weighted by Crippen LogP contribution is 2.46. The molecule has 2 aromatic rings. The molecule has 126 valence electrons. The number of nitrogens with one attached hydrogen (secondary N) is 1. The Kier molecular flexibility index (Phi) is 4.31. The van der Waals surface area contributed by atoms with E-state index in [0.717, 1.165) is 18.9 Å². The number of nitrogens with zero attached hydrogens (tertiary/aromatic N) is 1. The lowest BCUT2D eigenvalue weighted by Gasteiger charge is -2.47. The quantitative estimate of drug-likeness (QED) is 0.798. The van der Waals surface area contributed by atoms with E-state index in [0.29, 0.717) is 12.0 Å². The van der Waals surface area contributed by atoms with E-state index < -0.39 is 0 Å². The molecule has 4 rings (SSSR count). The van der Waals surface area contributed by atoms with Gasteiger partial charge in [-0.2, -0.15) is 11.8 Å². The summed E-state index contributed by atoms with van der Waals surface area (Å²) in [6.07, 6.45) is 8.72. The van der Waals surface area contributed by atoms with Crippen molar-refractivity contribution >= 4 is 28.7 Å². The number of fused-ring (bicyclic) bond motifs is 2. The van der Waals surface area contributed by atoms with Crippen LogP contribution in [0.3, 0.4) is 0 Å². The fraction of sp³-hybridized carbons (Fsp3) is 0.429. The number of hydrogen-bond acceptors (Lipinski definition) is 2. The van der Waals surface area contributed by atoms with Crippen LogP contribution >= 0.6 is 11.8 Å². The third-order valence-corrected chi connectivity index (χ3v) is 6.59. The van der Waals surface area contributed by atoms with E-state index in [-0.39, 0.29) is 0 Å². The van der Waals surface area contributed by atoms with Crippen LogP contribution < -0.4 is 0 Å². The van der Waals surface area contributed by atoms with Gasteiger partial charge in [0.05, 0.1) is 0 Å². The summed E-state index contributed by atoms with van der Waals surface area (Å²) < 4.78 is 0. The monoisotopic (exact) mass is 338 g/mol. The van der Waals surface area contributed by atoms with Crippen LogP contribution in [0.25, 0.3) is 17.0 Å². The minimum Gasteiger partial charge on any atom is -0.355 e. The Labute approximate surface area is 149 Å². The molecule has 0 amide bonds. The zero-order chi connectivity index (χ0) is 16.7. The topological polar surface area (TPSA) is 19.0 Å². The van der Waals surface area contributed by atoms with Crippen molar-refractivity contribution in [1.29, 1.82) is 0 Å². The highest BCUT2D eigenvalue weighted by atomic mass is 32.2. The van der Waals surface area contributed by atoms with Crippen molar-refractivity contribution in [2.45, 2.75) is 24.8 Å². The molecule has 24 heavy (non-hydrogen) atoms. The molecule has 2 nitrogen and oxygen atoms in total. The summed E-state index contributed by atoms with van der Waals surface area (Å²) in [5.74, 6) is 2.67.